The molecule has 1 aliphatic rings. The molecule has 1 N–H and O–H groups in total. The average molecular weight is 563 g/mol. The summed E-state index contributed by atoms with van der Waals surface area (Å²) in [5.74, 6) is 0. The first kappa shape index (κ1) is 26.3. The molecule has 0 radical (unpaired) electrons. The largest absolute Gasteiger partial charge is 0.333 e. The van der Waals surface area contributed by atoms with Crippen molar-refractivity contribution in [2.75, 3.05) is 19.3 Å². The zero-order valence-corrected chi connectivity index (χ0v) is 23.1. The molecule has 4 aromatic rings. The van der Waals surface area contributed by atoms with Crippen molar-refractivity contribution >= 4 is 58.0 Å². The van der Waals surface area contributed by atoms with Crippen molar-refractivity contribution in [2.45, 2.75) is 24.4 Å². The highest BCUT2D eigenvalue weighted by Gasteiger charge is 2.27. The fourth-order valence-electron chi connectivity index (χ4n) is 4.80. The number of nitrogens with one attached hydrogen (secondary N) is 1. The fraction of sp³-hybridized carbons (Fsp3) is 0.207. The van der Waals surface area contributed by atoms with Crippen molar-refractivity contribution in [3.05, 3.63) is 98.9 Å². The van der Waals surface area contributed by atoms with E-state index >= 15 is 0 Å². The summed E-state index contributed by atoms with van der Waals surface area (Å²) in [6.07, 6.45) is 8.56. The number of fused-ring (bicyclic) bond motifs is 3. The lowest BCUT2D eigenvalue weighted by molar-refractivity contribution is 0.240. The number of benzene rings is 2. The molecule has 0 spiro atoms. The van der Waals surface area contributed by atoms with Crippen LogP contribution in [-0.2, 0) is 19.5 Å². The number of carbonyl (C=O) groups excluding carboxylic acids is 1. The van der Waals surface area contributed by atoms with Gasteiger partial charge in [-0.25, -0.2) is 9.78 Å². The van der Waals surface area contributed by atoms with E-state index in [0.29, 0.717) is 17.3 Å². The molecule has 192 valence electrons. The molecule has 0 unspecified atom stereocenters. The van der Waals surface area contributed by atoms with Gasteiger partial charge in [0.1, 0.15) is 11.2 Å². The van der Waals surface area contributed by atoms with Crippen molar-refractivity contribution in [2.24, 2.45) is 0 Å². The van der Waals surface area contributed by atoms with Crippen LogP contribution in [0.5, 0.6) is 0 Å². The lowest BCUT2D eigenvalue weighted by Gasteiger charge is -2.27. The van der Waals surface area contributed by atoms with E-state index in [1.54, 1.807) is 28.6 Å². The number of halogens is 2. The molecule has 0 saturated carbocycles. The van der Waals surface area contributed by atoms with Crippen molar-refractivity contribution < 1.29 is 4.79 Å². The van der Waals surface area contributed by atoms with Crippen LogP contribution < -0.4 is 5.32 Å². The van der Waals surface area contributed by atoms with Gasteiger partial charge in [0.05, 0.1) is 11.1 Å². The standard InChI is InChI=1S/C29H25Cl2N5OS/c1-38-27-15-23-24-18-35(11-2-3-19-4-6-22(30)7-5-19)12-9-25(24)36(26(23)14-21(27)16-32)29(37)34-17-20-8-10-33-28(31)13-20/h2-8,10,13-15H,9,11-12,17-18H2,1H3,(H,34,37)/b3-2+. The lowest BCUT2D eigenvalue weighted by Crippen LogP contribution is -2.34. The molecule has 2 aromatic heterocycles. The number of nitriles is 1. The summed E-state index contributed by atoms with van der Waals surface area (Å²) in [5, 5.41) is 14.9. The van der Waals surface area contributed by atoms with Gasteiger partial charge in [-0.3, -0.25) is 9.47 Å². The number of thioether (sulfide) groups is 1. The topological polar surface area (TPSA) is 74.0 Å². The summed E-state index contributed by atoms with van der Waals surface area (Å²) in [6, 6.07) is 17.3. The van der Waals surface area contributed by atoms with Gasteiger partial charge in [-0.2, -0.15) is 5.26 Å². The number of amides is 1. The molecule has 9 heteroatoms. The third kappa shape index (κ3) is 5.59. The molecular weight excluding hydrogens is 537 g/mol. The van der Waals surface area contributed by atoms with Gasteiger partial charge in [0.25, 0.3) is 0 Å². The predicted octanol–water partition coefficient (Wildman–Crippen LogP) is 6.77. The van der Waals surface area contributed by atoms with Crippen LogP contribution in [-0.4, -0.2) is 39.8 Å². The van der Waals surface area contributed by atoms with Crippen molar-refractivity contribution in [1.29, 1.82) is 5.26 Å². The van der Waals surface area contributed by atoms with Crippen LogP contribution in [0.3, 0.4) is 0 Å². The van der Waals surface area contributed by atoms with E-state index < -0.39 is 0 Å². The van der Waals surface area contributed by atoms with Crippen LogP contribution >= 0.6 is 35.0 Å². The van der Waals surface area contributed by atoms with Crippen molar-refractivity contribution in [3.8, 4) is 6.07 Å². The molecule has 5 rings (SSSR count). The third-order valence-corrected chi connectivity index (χ3v) is 7.89. The smallest absolute Gasteiger partial charge is 0.326 e. The normalized spacial score (nSPS) is 13.5. The highest BCUT2D eigenvalue weighted by Crippen LogP contribution is 2.35. The first-order valence-electron chi connectivity index (χ1n) is 12.1. The Kier molecular flexibility index (Phi) is 8.06. The second-order valence-electron chi connectivity index (χ2n) is 9.03. The van der Waals surface area contributed by atoms with Gasteiger partial charge in [0.15, 0.2) is 0 Å². The average Bonchev–Trinajstić information content (AvgIpc) is 3.24. The van der Waals surface area contributed by atoms with Gasteiger partial charge < -0.3 is 5.32 Å². The Balaban J connectivity index is 1.44. The van der Waals surface area contributed by atoms with Gasteiger partial charge in [-0.15, -0.1) is 11.8 Å². The van der Waals surface area contributed by atoms with Crippen LogP contribution in [0, 0.1) is 11.3 Å². The third-order valence-electron chi connectivity index (χ3n) is 6.65. The van der Waals surface area contributed by atoms with Crippen LogP contribution in [0.1, 0.15) is 27.9 Å². The first-order chi connectivity index (χ1) is 18.5. The molecule has 0 saturated heterocycles. The number of hydrogen-bond acceptors (Lipinski definition) is 5. The minimum absolute atomic E-state index is 0.221. The van der Waals surface area contributed by atoms with Crippen molar-refractivity contribution in [3.63, 3.8) is 0 Å². The van der Waals surface area contributed by atoms with Crippen LogP contribution in [0.15, 0.2) is 65.7 Å². The van der Waals surface area contributed by atoms with E-state index in [2.05, 4.69) is 39.5 Å². The number of carbonyl (C=O) groups is 1. The molecule has 6 nitrogen and oxygen atoms in total. The maximum atomic E-state index is 13.5. The van der Waals surface area contributed by atoms with Crippen LogP contribution in [0.2, 0.25) is 10.2 Å². The summed E-state index contributed by atoms with van der Waals surface area (Å²) < 4.78 is 1.75. The molecule has 38 heavy (non-hydrogen) atoms. The summed E-state index contributed by atoms with van der Waals surface area (Å²) in [6.45, 7) is 2.65. The van der Waals surface area contributed by atoms with Gasteiger partial charge in [-0.05, 0) is 59.3 Å². The predicted molar refractivity (Wildman–Crippen MR) is 155 cm³/mol. The molecule has 1 aliphatic heterocycles. The quantitative estimate of drug-likeness (QED) is 0.208. The SMILES string of the molecule is CSc1cc2c3c(n(C(=O)NCc4ccnc(Cl)c4)c2cc1C#N)CCN(C/C=C/c1ccc(Cl)cc1)C3. The van der Waals surface area contributed by atoms with Gasteiger partial charge in [0.2, 0.25) is 0 Å². The van der Waals surface area contributed by atoms with E-state index in [-0.39, 0.29) is 6.03 Å². The Bertz CT molecular complexity index is 1570. The summed E-state index contributed by atoms with van der Waals surface area (Å²) in [7, 11) is 0. The Morgan fingerprint density at radius 1 is 1.21 bits per heavy atom. The second-order valence-corrected chi connectivity index (χ2v) is 10.7. The highest BCUT2D eigenvalue weighted by atomic mass is 35.5. The summed E-state index contributed by atoms with van der Waals surface area (Å²) in [4.78, 5) is 20.8. The van der Waals surface area contributed by atoms with Gasteiger partial charge in [-0.1, -0.05) is 47.5 Å². The Morgan fingerprint density at radius 2 is 2.03 bits per heavy atom. The molecule has 0 atom stereocenters. The van der Waals surface area contributed by atoms with Crippen molar-refractivity contribution in [1.82, 2.24) is 19.8 Å². The first-order valence-corrected chi connectivity index (χ1v) is 14.1. The Hall–Kier alpha value is -3.28. The molecule has 2 aromatic carbocycles. The highest BCUT2D eigenvalue weighted by molar-refractivity contribution is 7.98. The van der Waals surface area contributed by atoms with Gasteiger partial charge in [0, 0.05) is 59.8 Å². The Labute approximate surface area is 235 Å². The fourth-order valence-corrected chi connectivity index (χ4v) is 5.68. The van der Waals surface area contributed by atoms with E-state index in [1.807, 2.05) is 42.7 Å². The second kappa shape index (κ2) is 11.6. The molecule has 3 heterocycles. The number of pyridine rings is 1. The zero-order chi connectivity index (χ0) is 26.6. The number of rotatable bonds is 6. The Morgan fingerprint density at radius 3 is 2.76 bits per heavy atom. The molecular formula is C29H25Cl2N5OS. The molecule has 1 amide bonds. The van der Waals surface area contributed by atoms with E-state index in [9.17, 15) is 10.1 Å². The molecule has 0 bridgehead atoms. The number of hydrogen-bond donors (Lipinski definition) is 1. The van der Waals surface area contributed by atoms with Crippen LogP contribution in [0.25, 0.3) is 17.0 Å². The number of nitrogens with zero attached hydrogens (tertiary/aromatic N) is 4. The lowest BCUT2D eigenvalue weighted by atomic mass is 10.0. The zero-order valence-electron chi connectivity index (χ0n) is 20.7. The molecule has 0 fully saturated rings. The number of aromatic nitrogens is 2. The van der Waals surface area contributed by atoms with E-state index in [4.69, 9.17) is 23.2 Å². The maximum Gasteiger partial charge on any atom is 0.326 e. The maximum absolute atomic E-state index is 13.5. The van der Waals surface area contributed by atoms with Gasteiger partial charge >= 0.3 is 6.03 Å². The summed E-state index contributed by atoms with van der Waals surface area (Å²) in [5.41, 5.74) is 5.42. The van der Waals surface area contributed by atoms with E-state index in [0.717, 1.165) is 69.3 Å². The minimum Gasteiger partial charge on any atom is -0.333 e. The minimum atomic E-state index is -0.221. The van der Waals surface area contributed by atoms with Crippen LogP contribution in [0.4, 0.5) is 4.79 Å². The molecule has 0 aliphatic carbocycles. The summed E-state index contributed by atoms with van der Waals surface area (Å²) >= 11 is 13.5. The van der Waals surface area contributed by atoms with E-state index in [1.165, 1.54) is 0 Å². The monoisotopic (exact) mass is 561 g/mol.